The molecule has 2 aliphatic rings. The molecule has 6 heteroatoms. The van der Waals surface area contributed by atoms with Crippen LogP contribution in [-0.4, -0.2) is 33.0 Å². The van der Waals surface area contributed by atoms with Crippen molar-refractivity contribution < 1.29 is 17.9 Å². The van der Waals surface area contributed by atoms with E-state index >= 15 is 0 Å². The van der Waals surface area contributed by atoms with Crippen molar-refractivity contribution in [3.05, 3.63) is 53.6 Å². The van der Waals surface area contributed by atoms with Gasteiger partial charge >= 0.3 is 0 Å². The van der Waals surface area contributed by atoms with Crippen LogP contribution in [0, 0.1) is 0 Å². The molecule has 1 heterocycles. The molecule has 26 heavy (non-hydrogen) atoms. The molecule has 0 aromatic heterocycles. The molecule has 1 atom stereocenters. The van der Waals surface area contributed by atoms with E-state index in [-0.39, 0.29) is 10.9 Å². The molecule has 2 aromatic rings. The van der Waals surface area contributed by atoms with E-state index in [0.717, 1.165) is 31.2 Å². The van der Waals surface area contributed by atoms with Gasteiger partial charge in [0.05, 0.1) is 18.1 Å². The van der Waals surface area contributed by atoms with Crippen molar-refractivity contribution in [3.63, 3.8) is 0 Å². The van der Waals surface area contributed by atoms with Crippen LogP contribution in [0.4, 0.5) is 0 Å². The summed E-state index contributed by atoms with van der Waals surface area (Å²) in [6.45, 7) is 1.11. The highest BCUT2D eigenvalue weighted by atomic mass is 32.2. The van der Waals surface area contributed by atoms with Crippen molar-refractivity contribution >= 4 is 10.0 Å². The van der Waals surface area contributed by atoms with Crippen molar-refractivity contribution in [2.45, 2.75) is 36.6 Å². The Labute approximate surface area is 154 Å². The van der Waals surface area contributed by atoms with Crippen LogP contribution in [-0.2, 0) is 16.4 Å². The number of aryl methyl sites for hydroxylation is 1. The predicted molar refractivity (Wildman–Crippen MR) is 99.1 cm³/mol. The lowest BCUT2D eigenvalue weighted by atomic mass is 9.88. The van der Waals surface area contributed by atoms with Gasteiger partial charge in [0.1, 0.15) is 0 Å². The molecular formula is C20H23NO4S. The molecule has 0 spiro atoms. The van der Waals surface area contributed by atoms with Crippen molar-refractivity contribution in [3.8, 4) is 11.5 Å². The molecule has 0 fully saturated rings. The molecule has 1 unspecified atom stereocenters. The summed E-state index contributed by atoms with van der Waals surface area (Å²) in [4.78, 5) is 0.243. The summed E-state index contributed by atoms with van der Waals surface area (Å²) in [6.07, 6.45) is 3.61. The van der Waals surface area contributed by atoms with Gasteiger partial charge in [-0.25, -0.2) is 8.42 Å². The zero-order chi connectivity index (χ0) is 18.1. The summed E-state index contributed by atoms with van der Waals surface area (Å²) in [5, 5.41) is 0. The summed E-state index contributed by atoms with van der Waals surface area (Å²) >= 11 is 0. The first-order chi connectivity index (χ1) is 12.6. The van der Waals surface area contributed by atoms with Crippen LogP contribution in [0.1, 0.15) is 36.4 Å². The minimum absolute atomic E-state index is 0.138. The van der Waals surface area contributed by atoms with Crippen LogP contribution in [0.2, 0.25) is 0 Å². The van der Waals surface area contributed by atoms with E-state index < -0.39 is 10.0 Å². The fourth-order valence-corrected chi connectivity index (χ4v) is 5.13. The van der Waals surface area contributed by atoms with Crippen molar-refractivity contribution in [1.82, 2.24) is 4.31 Å². The number of rotatable bonds is 3. The highest BCUT2D eigenvalue weighted by Gasteiger charge is 2.32. The Hall–Kier alpha value is -2.05. The minimum Gasteiger partial charge on any atom is -0.490 e. The third kappa shape index (κ3) is 3.08. The van der Waals surface area contributed by atoms with Gasteiger partial charge < -0.3 is 9.47 Å². The van der Waals surface area contributed by atoms with Crippen LogP contribution in [0.15, 0.2) is 47.4 Å². The second-order valence-corrected chi connectivity index (χ2v) is 8.78. The molecule has 4 rings (SSSR count). The van der Waals surface area contributed by atoms with E-state index in [2.05, 4.69) is 6.07 Å². The van der Waals surface area contributed by atoms with E-state index in [4.69, 9.17) is 9.47 Å². The van der Waals surface area contributed by atoms with Crippen LogP contribution in [0.3, 0.4) is 0 Å². The first-order valence-corrected chi connectivity index (χ1v) is 10.5. The van der Waals surface area contributed by atoms with Gasteiger partial charge in [-0.1, -0.05) is 24.3 Å². The lowest BCUT2D eigenvalue weighted by Gasteiger charge is -2.32. The average molecular weight is 373 g/mol. The lowest BCUT2D eigenvalue weighted by Crippen LogP contribution is -2.33. The molecule has 1 aliphatic heterocycles. The van der Waals surface area contributed by atoms with Crippen LogP contribution >= 0.6 is 0 Å². The van der Waals surface area contributed by atoms with E-state index in [0.29, 0.717) is 24.7 Å². The normalized spacial score (nSPS) is 19.7. The summed E-state index contributed by atoms with van der Waals surface area (Å²) in [6, 6.07) is 12.9. The van der Waals surface area contributed by atoms with Gasteiger partial charge in [-0.3, -0.25) is 0 Å². The van der Waals surface area contributed by atoms with Crippen molar-refractivity contribution in [2.24, 2.45) is 0 Å². The number of fused-ring (bicyclic) bond motifs is 2. The molecule has 0 saturated carbocycles. The summed E-state index contributed by atoms with van der Waals surface area (Å²) in [7, 11) is -1.96. The summed E-state index contributed by atoms with van der Waals surface area (Å²) < 4.78 is 39.3. The van der Waals surface area contributed by atoms with Crippen LogP contribution in [0.25, 0.3) is 0 Å². The third-order valence-corrected chi connectivity index (χ3v) is 7.04. The first kappa shape index (κ1) is 17.4. The Balaban J connectivity index is 1.68. The standard InChI is InChI=1S/C20H23NO4S/c1-21(18-9-4-7-15-6-2-3-8-17(15)18)26(22,23)16-10-11-19-20(14-16)25-13-5-12-24-19/h2-3,6,8,10-11,14,18H,4-5,7,9,12-13H2,1H3. The topological polar surface area (TPSA) is 55.8 Å². The SMILES string of the molecule is CN(C1CCCc2ccccc21)S(=O)(=O)c1ccc2c(c1)OCCCO2. The largest absolute Gasteiger partial charge is 0.490 e. The monoisotopic (exact) mass is 373 g/mol. The smallest absolute Gasteiger partial charge is 0.243 e. The lowest BCUT2D eigenvalue weighted by molar-refractivity contribution is 0.296. The molecule has 0 N–H and O–H groups in total. The Morgan fingerprint density at radius 3 is 2.62 bits per heavy atom. The molecule has 0 amide bonds. The average Bonchev–Trinajstić information content (AvgIpc) is 2.91. The highest BCUT2D eigenvalue weighted by molar-refractivity contribution is 7.89. The Morgan fingerprint density at radius 1 is 1.00 bits per heavy atom. The minimum atomic E-state index is -3.63. The zero-order valence-corrected chi connectivity index (χ0v) is 15.7. The second-order valence-electron chi connectivity index (χ2n) is 6.79. The predicted octanol–water partition coefficient (Wildman–Crippen LogP) is 3.55. The van der Waals surface area contributed by atoms with Gasteiger partial charge in [0.25, 0.3) is 0 Å². The second kappa shape index (κ2) is 6.93. The zero-order valence-electron chi connectivity index (χ0n) is 14.8. The number of hydrogen-bond donors (Lipinski definition) is 0. The van der Waals surface area contributed by atoms with Crippen LogP contribution in [0.5, 0.6) is 11.5 Å². The van der Waals surface area contributed by atoms with Crippen molar-refractivity contribution in [1.29, 1.82) is 0 Å². The van der Waals surface area contributed by atoms with Gasteiger partial charge in [0, 0.05) is 25.6 Å². The highest BCUT2D eigenvalue weighted by Crippen LogP contribution is 2.38. The quantitative estimate of drug-likeness (QED) is 0.826. The van der Waals surface area contributed by atoms with E-state index in [1.54, 1.807) is 25.2 Å². The van der Waals surface area contributed by atoms with Gasteiger partial charge in [0.15, 0.2) is 11.5 Å². The number of hydrogen-bond acceptors (Lipinski definition) is 4. The summed E-state index contributed by atoms with van der Waals surface area (Å²) in [5.41, 5.74) is 2.35. The molecule has 138 valence electrons. The molecule has 0 saturated heterocycles. The van der Waals surface area contributed by atoms with Crippen molar-refractivity contribution in [2.75, 3.05) is 20.3 Å². The summed E-state index contributed by atoms with van der Waals surface area (Å²) in [5.74, 6) is 1.10. The maximum atomic E-state index is 13.2. The van der Waals surface area contributed by atoms with E-state index in [1.165, 1.54) is 9.87 Å². The molecule has 1 aliphatic carbocycles. The van der Waals surface area contributed by atoms with Gasteiger partial charge in [-0.05, 0) is 42.5 Å². The fourth-order valence-electron chi connectivity index (χ4n) is 3.74. The third-order valence-electron chi connectivity index (χ3n) is 5.17. The van der Waals surface area contributed by atoms with E-state index in [1.807, 2.05) is 18.2 Å². The maximum absolute atomic E-state index is 13.2. The number of benzene rings is 2. The Kier molecular flexibility index (Phi) is 4.63. The van der Waals surface area contributed by atoms with Gasteiger partial charge in [-0.15, -0.1) is 0 Å². The van der Waals surface area contributed by atoms with Crippen LogP contribution < -0.4 is 9.47 Å². The first-order valence-electron chi connectivity index (χ1n) is 9.03. The van der Waals surface area contributed by atoms with E-state index in [9.17, 15) is 8.42 Å². The number of sulfonamides is 1. The van der Waals surface area contributed by atoms with Gasteiger partial charge in [0.2, 0.25) is 10.0 Å². The molecule has 2 aromatic carbocycles. The Morgan fingerprint density at radius 2 is 1.77 bits per heavy atom. The number of nitrogens with zero attached hydrogens (tertiary/aromatic N) is 1. The van der Waals surface area contributed by atoms with Gasteiger partial charge in [-0.2, -0.15) is 4.31 Å². The number of ether oxygens (including phenoxy) is 2. The molecule has 0 radical (unpaired) electrons. The Bertz CT molecular complexity index is 910. The molecule has 5 nitrogen and oxygen atoms in total. The maximum Gasteiger partial charge on any atom is 0.243 e. The molecule has 0 bridgehead atoms. The molecular weight excluding hydrogens is 350 g/mol. The fraction of sp³-hybridized carbons (Fsp3) is 0.400.